The highest BCUT2D eigenvalue weighted by atomic mass is 32.2. The number of pyridine rings is 1. The number of nitrogen functional groups attached to an aromatic ring is 1. The maximum atomic E-state index is 12.3. The van der Waals surface area contributed by atoms with E-state index in [9.17, 15) is 16.8 Å². The van der Waals surface area contributed by atoms with E-state index >= 15 is 0 Å². The van der Waals surface area contributed by atoms with Crippen molar-refractivity contribution in [2.24, 2.45) is 0 Å². The lowest BCUT2D eigenvalue weighted by atomic mass is 10.0. The largest absolute Gasteiger partial charge is 0.495 e. The first-order valence-electron chi connectivity index (χ1n) is 9.79. The van der Waals surface area contributed by atoms with Crippen molar-refractivity contribution < 1.29 is 21.6 Å². The van der Waals surface area contributed by atoms with Crippen LogP contribution in [0.5, 0.6) is 5.75 Å². The maximum absolute atomic E-state index is 12.3. The molecule has 10 heteroatoms. The highest BCUT2D eigenvalue weighted by Crippen LogP contribution is 2.35. The Balaban J connectivity index is 2.08. The van der Waals surface area contributed by atoms with E-state index in [2.05, 4.69) is 9.71 Å². The Morgan fingerprint density at radius 3 is 2.41 bits per heavy atom. The summed E-state index contributed by atoms with van der Waals surface area (Å²) < 4.78 is 56.2. The fourth-order valence-electron chi connectivity index (χ4n) is 3.21. The smallest absolute Gasteiger partial charge is 0.232 e. The zero-order chi connectivity index (χ0) is 23.5. The van der Waals surface area contributed by atoms with Crippen molar-refractivity contribution in [2.45, 2.75) is 18.2 Å². The number of nitrogens with two attached hydrogens (primary N) is 1. The van der Waals surface area contributed by atoms with Gasteiger partial charge in [0.1, 0.15) is 11.6 Å². The summed E-state index contributed by atoms with van der Waals surface area (Å²) in [5.41, 5.74) is 8.95. The highest BCUT2D eigenvalue weighted by molar-refractivity contribution is 7.92. The molecule has 3 aromatic rings. The molecule has 0 aliphatic carbocycles. The van der Waals surface area contributed by atoms with Crippen LogP contribution < -0.4 is 15.2 Å². The van der Waals surface area contributed by atoms with Crippen LogP contribution >= 0.6 is 0 Å². The minimum atomic E-state index is -3.53. The molecule has 1 aromatic heterocycles. The number of methoxy groups -OCH3 is 1. The molecule has 0 amide bonds. The van der Waals surface area contributed by atoms with Gasteiger partial charge in [0.2, 0.25) is 10.0 Å². The molecule has 8 nitrogen and oxygen atoms in total. The van der Waals surface area contributed by atoms with Crippen LogP contribution in [0.2, 0.25) is 0 Å². The van der Waals surface area contributed by atoms with Gasteiger partial charge in [-0.1, -0.05) is 25.1 Å². The molecule has 0 aliphatic rings. The molecular weight excluding hydrogens is 450 g/mol. The number of nitrogens with zero attached hydrogens (tertiary/aromatic N) is 1. The van der Waals surface area contributed by atoms with Gasteiger partial charge in [0.25, 0.3) is 0 Å². The van der Waals surface area contributed by atoms with Crippen LogP contribution in [-0.4, -0.2) is 40.9 Å². The molecule has 0 bridgehead atoms. The lowest BCUT2D eigenvalue weighted by Gasteiger charge is -2.14. The third kappa shape index (κ3) is 5.38. The third-order valence-corrected chi connectivity index (χ3v) is 7.35. The van der Waals surface area contributed by atoms with E-state index in [1.54, 1.807) is 55.6 Å². The van der Waals surface area contributed by atoms with Gasteiger partial charge in [-0.3, -0.25) is 4.72 Å². The van der Waals surface area contributed by atoms with Crippen LogP contribution in [0.25, 0.3) is 22.3 Å². The van der Waals surface area contributed by atoms with E-state index < -0.39 is 19.9 Å². The first-order chi connectivity index (χ1) is 15.0. The van der Waals surface area contributed by atoms with Crippen molar-refractivity contribution in [3.05, 3.63) is 54.7 Å². The van der Waals surface area contributed by atoms with Crippen molar-refractivity contribution >= 4 is 31.4 Å². The Morgan fingerprint density at radius 1 is 1.00 bits per heavy atom. The van der Waals surface area contributed by atoms with Crippen LogP contribution in [0.15, 0.2) is 59.6 Å². The topological polar surface area (TPSA) is 128 Å². The number of hydrogen-bond acceptors (Lipinski definition) is 7. The summed E-state index contributed by atoms with van der Waals surface area (Å²) in [6.45, 7) is 1.78. The minimum Gasteiger partial charge on any atom is -0.495 e. The summed E-state index contributed by atoms with van der Waals surface area (Å²) in [5.74, 6) is 0.605. The highest BCUT2D eigenvalue weighted by Gasteiger charge is 2.16. The molecular formula is C22H25N3O5S2. The lowest BCUT2D eigenvalue weighted by molar-refractivity contribution is 0.417. The number of rotatable bonds is 8. The van der Waals surface area contributed by atoms with E-state index in [4.69, 9.17) is 10.5 Å². The second-order valence-corrected chi connectivity index (χ2v) is 11.2. The molecule has 0 fully saturated rings. The van der Waals surface area contributed by atoms with E-state index in [0.717, 1.165) is 6.26 Å². The second-order valence-electron chi connectivity index (χ2n) is 7.29. The molecule has 1 heterocycles. The normalized spacial score (nSPS) is 11.8. The summed E-state index contributed by atoms with van der Waals surface area (Å²) in [7, 11) is -5.44. The SMILES string of the molecule is CCCS(=O)(=O)Nc1cc(-c2cc(-c3cccc(S(C)(=O)=O)c3)cnc2N)ccc1OC. The van der Waals surface area contributed by atoms with Crippen molar-refractivity contribution in [1.82, 2.24) is 4.98 Å². The van der Waals surface area contributed by atoms with Gasteiger partial charge in [-0.25, -0.2) is 21.8 Å². The predicted molar refractivity (Wildman–Crippen MR) is 127 cm³/mol. The van der Waals surface area contributed by atoms with E-state index in [1.165, 1.54) is 13.2 Å². The van der Waals surface area contributed by atoms with E-state index in [1.807, 2.05) is 0 Å². The van der Waals surface area contributed by atoms with Crippen LogP contribution in [0, 0.1) is 0 Å². The molecule has 3 rings (SSSR count). The van der Waals surface area contributed by atoms with Gasteiger partial charge in [-0.2, -0.15) is 0 Å². The van der Waals surface area contributed by atoms with Gasteiger partial charge < -0.3 is 10.5 Å². The van der Waals surface area contributed by atoms with Crippen LogP contribution in [0.4, 0.5) is 11.5 Å². The van der Waals surface area contributed by atoms with Crippen LogP contribution in [-0.2, 0) is 19.9 Å². The number of aromatic nitrogens is 1. The first kappa shape index (κ1) is 23.6. The van der Waals surface area contributed by atoms with Crippen LogP contribution in [0.3, 0.4) is 0 Å². The molecule has 0 unspecified atom stereocenters. The molecule has 0 aliphatic heterocycles. The van der Waals surface area contributed by atoms with Gasteiger partial charge in [0, 0.05) is 23.6 Å². The fraction of sp³-hybridized carbons (Fsp3) is 0.227. The molecule has 0 saturated heterocycles. The van der Waals surface area contributed by atoms with Crippen molar-refractivity contribution in [2.75, 3.05) is 29.6 Å². The number of sulfonamides is 1. The van der Waals surface area contributed by atoms with Gasteiger partial charge in [0.05, 0.1) is 23.4 Å². The molecule has 0 saturated carbocycles. The standard InChI is InChI=1S/C22H25N3O5S2/c1-4-10-32(28,29)25-20-13-16(8-9-21(20)30-2)19-12-17(14-24-22(19)23)15-6-5-7-18(11-15)31(3,26)27/h5-9,11-14,25H,4,10H2,1-3H3,(H2,23,24). The number of ether oxygens (including phenoxy) is 1. The Kier molecular flexibility index (Phi) is 6.75. The van der Waals surface area contributed by atoms with E-state index in [-0.39, 0.29) is 16.5 Å². The molecule has 32 heavy (non-hydrogen) atoms. The molecule has 170 valence electrons. The van der Waals surface area contributed by atoms with E-state index in [0.29, 0.717) is 40.1 Å². The van der Waals surface area contributed by atoms with Gasteiger partial charge in [0.15, 0.2) is 9.84 Å². The Morgan fingerprint density at radius 2 is 1.75 bits per heavy atom. The molecule has 0 radical (unpaired) electrons. The van der Waals surface area contributed by atoms with Gasteiger partial charge in [-0.05, 0) is 47.9 Å². The molecule has 0 atom stereocenters. The maximum Gasteiger partial charge on any atom is 0.232 e. The monoisotopic (exact) mass is 475 g/mol. The summed E-state index contributed by atoms with van der Waals surface area (Å²) in [4.78, 5) is 4.46. The summed E-state index contributed by atoms with van der Waals surface area (Å²) in [6, 6.07) is 13.4. The minimum absolute atomic E-state index is 0.0176. The zero-order valence-corrected chi connectivity index (χ0v) is 19.6. The Hall–Kier alpha value is -3.11. The van der Waals surface area contributed by atoms with Crippen molar-refractivity contribution in [1.29, 1.82) is 0 Å². The van der Waals surface area contributed by atoms with Crippen molar-refractivity contribution in [3.8, 4) is 28.0 Å². The number of sulfone groups is 1. The molecule has 2 aromatic carbocycles. The average Bonchev–Trinajstić information content (AvgIpc) is 2.73. The predicted octanol–water partition coefficient (Wildman–Crippen LogP) is 3.56. The zero-order valence-electron chi connectivity index (χ0n) is 18.0. The summed E-state index contributed by atoms with van der Waals surface area (Å²) in [6.07, 6.45) is 3.19. The number of nitrogens with one attached hydrogen (secondary N) is 1. The molecule has 0 spiro atoms. The average molecular weight is 476 g/mol. The number of anilines is 2. The van der Waals surface area contributed by atoms with Crippen LogP contribution in [0.1, 0.15) is 13.3 Å². The second kappa shape index (κ2) is 9.17. The lowest BCUT2D eigenvalue weighted by Crippen LogP contribution is -2.16. The summed E-state index contributed by atoms with van der Waals surface area (Å²) in [5, 5.41) is 0. The fourth-order valence-corrected chi connectivity index (χ4v) is 5.01. The molecule has 3 N–H and O–H groups in total. The first-order valence-corrected chi connectivity index (χ1v) is 13.3. The number of benzene rings is 2. The van der Waals surface area contributed by atoms with Crippen molar-refractivity contribution in [3.63, 3.8) is 0 Å². The summed E-state index contributed by atoms with van der Waals surface area (Å²) >= 11 is 0. The Bertz CT molecular complexity index is 1350. The number of hydrogen-bond donors (Lipinski definition) is 2. The van der Waals surface area contributed by atoms with Gasteiger partial charge in [-0.15, -0.1) is 0 Å². The Labute approximate surface area is 188 Å². The van der Waals surface area contributed by atoms with Gasteiger partial charge >= 0.3 is 0 Å². The quantitative estimate of drug-likeness (QED) is 0.510. The third-order valence-electron chi connectivity index (χ3n) is 4.76.